The van der Waals surface area contributed by atoms with Gasteiger partial charge in [0.2, 0.25) is 5.91 Å². The molecule has 0 aliphatic rings. The summed E-state index contributed by atoms with van der Waals surface area (Å²) in [6, 6.07) is 2.23. The normalized spacial score (nSPS) is 11.1. The van der Waals surface area contributed by atoms with Crippen LogP contribution >= 0.6 is 22.6 Å². The van der Waals surface area contributed by atoms with E-state index in [1.807, 2.05) is 0 Å². The van der Waals surface area contributed by atoms with Gasteiger partial charge in [0.25, 0.3) is 5.69 Å². The number of hydrogen-bond donors (Lipinski definition) is 2. The third-order valence-corrected chi connectivity index (χ3v) is 3.62. The first-order chi connectivity index (χ1) is 9.19. The Kier molecular flexibility index (Phi) is 5.26. The van der Waals surface area contributed by atoms with E-state index in [0.717, 1.165) is 12.1 Å². The number of nitrogens with zero attached hydrogens (tertiary/aromatic N) is 1. The molecule has 0 saturated heterocycles. The maximum Gasteiger partial charge on any atom is 0.293 e. The van der Waals surface area contributed by atoms with E-state index in [0.29, 0.717) is 0 Å². The Bertz CT molecular complexity index is 549. The molecular weight excluding hydrogens is 380 g/mol. The van der Waals surface area contributed by atoms with Crippen LogP contribution in [0.2, 0.25) is 0 Å². The number of carbonyl (C=O) groups excluding carboxylic acids is 1. The molecule has 0 atom stereocenters. The van der Waals surface area contributed by atoms with Crippen molar-refractivity contribution in [1.82, 2.24) is 5.32 Å². The van der Waals surface area contributed by atoms with Crippen molar-refractivity contribution < 1.29 is 14.1 Å². The molecule has 1 amide bonds. The summed E-state index contributed by atoms with van der Waals surface area (Å²) in [6.07, 6.45) is 0. The molecule has 0 fully saturated rings. The van der Waals surface area contributed by atoms with E-state index >= 15 is 0 Å². The molecule has 1 aromatic rings. The minimum Gasteiger partial charge on any atom is -0.378 e. The van der Waals surface area contributed by atoms with Crippen molar-refractivity contribution in [2.75, 3.05) is 18.9 Å². The summed E-state index contributed by atoms with van der Waals surface area (Å²) in [5.41, 5.74) is -0.935. The smallest absolute Gasteiger partial charge is 0.293 e. The third-order valence-electron chi connectivity index (χ3n) is 2.80. The highest BCUT2D eigenvalue weighted by atomic mass is 127. The fraction of sp³-hybridized carbons (Fsp3) is 0.417. The van der Waals surface area contributed by atoms with Gasteiger partial charge in [0.1, 0.15) is 11.5 Å². The van der Waals surface area contributed by atoms with Crippen molar-refractivity contribution in [3.05, 3.63) is 31.6 Å². The van der Waals surface area contributed by atoms with E-state index in [1.54, 1.807) is 36.4 Å². The van der Waals surface area contributed by atoms with E-state index in [4.69, 9.17) is 0 Å². The Morgan fingerprint density at radius 2 is 2.10 bits per heavy atom. The van der Waals surface area contributed by atoms with Gasteiger partial charge in [-0.1, -0.05) is 0 Å². The van der Waals surface area contributed by atoms with Crippen LogP contribution in [0.1, 0.15) is 13.8 Å². The molecule has 20 heavy (non-hydrogen) atoms. The van der Waals surface area contributed by atoms with E-state index in [9.17, 15) is 19.3 Å². The second kappa shape index (κ2) is 6.33. The van der Waals surface area contributed by atoms with Crippen LogP contribution in [0.4, 0.5) is 15.8 Å². The monoisotopic (exact) mass is 395 g/mol. The van der Waals surface area contributed by atoms with Crippen molar-refractivity contribution in [2.24, 2.45) is 5.41 Å². The molecule has 2 N–H and O–H groups in total. The van der Waals surface area contributed by atoms with Crippen LogP contribution in [-0.2, 0) is 4.79 Å². The average Bonchev–Trinajstić information content (AvgIpc) is 2.38. The summed E-state index contributed by atoms with van der Waals surface area (Å²) >= 11 is 1.69. The van der Waals surface area contributed by atoms with Crippen molar-refractivity contribution in [1.29, 1.82) is 0 Å². The van der Waals surface area contributed by atoms with Gasteiger partial charge in [0.05, 0.1) is 13.9 Å². The Hall–Kier alpha value is -1.45. The predicted molar refractivity (Wildman–Crippen MR) is 82.1 cm³/mol. The van der Waals surface area contributed by atoms with Crippen molar-refractivity contribution in [2.45, 2.75) is 13.8 Å². The van der Waals surface area contributed by atoms with Gasteiger partial charge in [-0.05, 0) is 36.4 Å². The molecule has 0 radical (unpaired) electrons. The molecule has 0 unspecified atom stereocenters. The molecule has 0 saturated carbocycles. The van der Waals surface area contributed by atoms with Crippen molar-refractivity contribution in [3.8, 4) is 0 Å². The lowest BCUT2D eigenvalue weighted by Crippen LogP contribution is -2.39. The minimum atomic E-state index is -0.776. The number of amides is 1. The van der Waals surface area contributed by atoms with Crippen LogP contribution in [0.3, 0.4) is 0 Å². The van der Waals surface area contributed by atoms with Gasteiger partial charge in [-0.25, -0.2) is 4.39 Å². The first-order valence-electron chi connectivity index (χ1n) is 5.78. The quantitative estimate of drug-likeness (QED) is 0.456. The standard InChI is InChI=1S/C12H15FIN3O3/c1-12(2,11(18)15-3)6-16-9-4-7(13)8(14)5-10(9)17(19)20/h4-5,16H,6H2,1-3H3,(H,15,18). The zero-order valence-corrected chi connectivity index (χ0v) is 13.4. The summed E-state index contributed by atoms with van der Waals surface area (Å²) in [4.78, 5) is 22.0. The molecule has 110 valence electrons. The lowest BCUT2D eigenvalue weighted by atomic mass is 9.92. The van der Waals surface area contributed by atoms with Crippen LogP contribution < -0.4 is 10.6 Å². The molecule has 8 heteroatoms. The van der Waals surface area contributed by atoms with Gasteiger partial charge in [0.15, 0.2) is 0 Å². The summed E-state index contributed by atoms with van der Waals surface area (Å²) in [5, 5.41) is 16.2. The molecule has 0 aliphatic heterocycles. The van der Waals surface area contributed by atoms with Crippen molar-refractivity contribution in [3.63, 3.8) is 0 Å². The van der Waals surface area contributed by atoms with Gasteiger partial charge in [-0.15, -0.1) is 0 Å². The number of anilines is 1. The lowest BCUT2D eigenvalue weighted by molar-refractivity contribution is -0.384. The first kappa shape index (κ1) is 16.6. The van der Waals surface area contributed by atoms with Gasteiger partial charge in [-0.2, -0.15) is 0 Å². The maximum absolute atomic E-state index is 13.5. The van der Waals surface area contributed by atoms with Gasteiger partial charge in [-0.3, -0.25) is 14.9 Å². The van der Waals surface area contributed by atoms with E-state index in [1.165, 1.54) is 7.05 Å². The number of hydrogen-bond acceptors (Lipinski definition) is 4. The Morgan fingerprint density at radius 1 is 1.50 bits per heavy atom. The van der Waals surface area contributed by atoms with E-state index < -0.39 is 16.2 Å². The molecular formula is C12H15FIN3O3. The van der Waals surface area contributed by atoms with E-state index in [-0.39, 0.29) is 27.4 Å². The van der Waals surface area contributed by atoms with Crippen molar-refractivity contribution >= 4 is 39.9 Å². The van der Waals surface area contributed by atoms with Crippen LogP contribution in [0.25, 0.3) is 0 Å². The molecule has 1 aromatic carbocycles. The number of carbonyl (C=O) groups is 1. The molecule has 0 aromatic heterocycles. The zero-order valence-electron chi connectivity index (χ0n) is 11.3. The minimum absolute atomic E-state index is 0.0601. The fourth-order valence-corrected chi connectivity index (χ4v) is 2.01. The van der Waals surface area contributed by atoms with Crippen LogP contribution in [0.15, 0.2) is 12.1 Å². The van der Waals surface area contributed by atoms with E-state index in [2.05, 4.69) is 10.6 Å². The topological polar surface area (TPSA) is 84.3 Å². The maximum atomic E-state index is 13.5. The average molecular weight is 395 g/mol. The number of nitro groups is 1. The van der Waals surface area contributed by atoms with Gasteiger partial charge < -0.3 is 10.6 Å². The number of nitro benzene ring substituents is 1. The second-order valence-electron chi connectivity index (χ2n) is 4.86. The Labute approximate surface area is 129 Å². The van der Waals surface area contributed by atoms with Crippen LogP contribution in [-0.4, -0.2) is 24.4 Å². The lowest BCUT2D eigenvalue weighted by Gasteiger charge is -2.23. The Morgan fingerprint density at radius 3 is 2.60 bits per heavy atom. The summed E-state index contributed by atoms with van der Waals surface area (Å²) in [5.74, 6) is -0.755. The van der Waals surface area contributed by atoms with Gasteiger partial charge >= 0.3 is 0 Å². The Balaban J connectivity index is 3.01. The van der Waals surface area contributed by atoms with Crippen LogP contribution in [0, 0.1) is 24.9 Å². The second-order valence-corrected chi connectivity index (χ2v) is 6.02. The molecule has 0 spiro atoms. The highest BCUT2D eigenvalue weighted by Crippen LogP contribution is 2.29. The highest BCUT2D eigenvalue weighted by molar-refractivity contribution is 14.1. The summed E-state index contributed by atoms with van der Waals surface area (Å²) in [7, 11) is 1.51. The largest absolute Gasteiger partial charge is 0.378 e. The molecule has 0 aliphatic carbocycles. The number of rotatable bonds is 5. The fourth-order valence-electron chi connectivity index (χ4n) is 1.56. The number of halogens is 2. The summed E-state index contributed by atoms with van der Waals surface area (Å²) < 4.78 is 13.7. The predicted octanol–water partition coefficient (Wildman–Crippen LogP) is 2.52. The number of nitrogens with one attached hydrogen (secondary N) is 2. The number of benzene rings is 1. The molecule has 1 rings (SSSR count). The highest BCUT2D eigenvalue weighted by Gasteiger charge is 2.27. The third kappa shape index (κ3) is 3.78. The molecule has 6 nitrogen and oxygen atoms in total. The SMILES string of the molecule is CNC(=O)C(C)(C)CNc1cc(F)c(I)cc1[N+](=O)[O-]. The molecule has 0 heterocycles. The zero-order chi connectivity index (χ0) is 15.5. The van der Waals surface area contributed by atoms with Crippen LogP contribution in [0.5, 0.6) is 0 Å². The summed E-state index contributed by atoms with van der Waals surface area (Å²) in [6.45, 7) is 3.52. The first-order valence-corrected chi connectivity index (χ1v) is 6.86. The van der Waals surface area contributed by atoms with Gasteiger partial charge in [0, 0.05) is 25.7 Å². The molecule has 0 bridgehead atoms.